The Kier molecular flexibility index (Phi) is 4.68. The molecule has 4 nitrogen and oxygen atoms in total. The monoisotopic (exact) mass is 307 g/mol. The van der Waals surface area contributed by atoms with Crippen LogP contribution >= 0.6 is 11.6 Å². The van der Waals surface area contributed by atoms with Gasteiger partial charge >= 0.3 is 5.97 Å². The van der Waals surface area contributed by atoms with E-state index < -0.39 is 5.97 Å². The smallest absolute Gasteiger partial charge is 0.331 e. The van der Waals surface area contributed by atoms with Crippen molar-refractivity contribution in [2.24, 2.45) is 0 Å². The summed E-state index contributed by atoms with van der Waals surface area (Å²) in [5.41, 5.74) is 1.38. The van der Waals surface area contributed by atoms with Crippen molar-refractivity contribution in [3.05, 3.63) is 46.0 Å². The molecule has 21 heavy (non-hydrogen) atoms. The van der Waals surface area contributed by atoms with Crippen molar-refractivity contribution >= 4 is 23.5 Å². The molecule has 0 radical (unpaired) electrons. The van der Waals surface area contributed by atoms with Gasteiger partial charge in [-0.05, 0) is 44.4 Å². The number of carboxylic acid groups (broad SMARTS) is 1. The van der Waals surface area contributed by atoms with E-state index in [0.717, 1.165) is 18.4 Å². The van der Waals surface area contributed by atoms with E-state index >= 15 is 0 Å². The van der Waals surface area contributed by atoms with Crippen LogP contribution in [0.4, 0.5) is 0 Å². The number of halogens is 1. The first kappa shape index (κ1) is 15.6. The molecule has 5 heteroatoms. The lowest BCUT2D eigenvalue weighted by molar-refractivity contribution is -0.134. The summed E-state index contributed by atoms with van der Waals surface area (Å²) in [6, 6.07) is 7.56. The zero-order chi connectivity index (χ0) is 15.6. The van der Waals surface area contributed by atoms with Gasteiger partial charge in [0.25, 0.3) is 5.91 Å². The van der Waals surface area contributed by atoms with E-state index in [1.54, 1.807) is 24.0 Å². The summed E-state index contributed by atoms with van der Waals surface area (Å²) in [5, 5.41) is 9.67. The van der Waals surface area contributed by atoms with Gasteiger partial charge in [0, 0.05) is 28.8 Å². The average molecular weight is 308 g/mol. The van der Waals surface area contributed by atoms with Crippen LogP contribution in [0, 0.1) is 0 Å². The molecule has 0 unspecified atom stereocenters. The zero-order valence-electron chi connectivity index (χ0n) is 12.1. The Bertz CT molecular complexity index is 588. The highest BCUT2D eigenvalue weighted by Gasteiger charge is 2.33. The minimum Gasteiger partial charge on any atom is -0.478 e. The summed E-state index contributed by atoms with van der Waals surface area (Å²) in [6.07, 6.45) is 1.94. The van der Waals surface area contributed by atoms with Crippen molar-refractivity contribution in [3.63, 3.8) is 0 Å². The summed E-state index contributed by atoms with van der Waals surface area (Å²) in [6.45, 7) is 3.51. The van der Waals surface area contributed by atoms with E-state index in [1.165, 1.54) is 6.92 Å². The average Bonchev–Trinajstić information content (AvgIpc) is 3.28. The van der Waals surface area contributed by atoms with Gasteiger partial charge in [0.2, 0.25) is 0 Å². The second-order valence-corrected chi connectivity index (χ2v) is 5.78. The largest absolute Gasteiger partial charge is 0.478 e. The van der Waals surface area contributed by atoms with E-state index in [-0.39, 0.29) is 17.5 Å². The Hall–Kier alpha value is -1.81. The molecule has 2 rings (SSSR count). The Morgan fingerprint density at radius 3 is 2.24 bits per heavy atom. The number of benzene rings is 1. The maximum absolute atomic E-state index is 12.5. The van der Waals surface area contributed by atoms with E-state index in [9.17, 15) is 9.59 Å². The third-order valence-electron chi connectivity index (χ3n) is 3.72. The van der Waals surface area contributed by atoms with Crippen LogP contribution in [0.3, 0.4) is 0 Å². The number of aliphatic carboxylic acids is 1. The number of amides is 1. The van der Waals surface area contributed by atoms with Crippen LogP contribution < -0.4 is 0 Å². The topological polar surface area (TPSA) is 57.6 Å². The fourth-order valence-corrected chi connectivity index (χ4v) is 2.20. The highest BCUT2D eigenvalue weighted by molar-refractivity contribution is 6.30. The first-order chi connectivity index (χ1) is 9.90. The molecule has 1 aliphatic carbocycles. The number of hydrogen-bond donors (Lipinski definition) is 1. The minimum absolute atomic E-state index is 0.0988. The number of hydrogen-bond acceptors (Lipinski definition) is 2. The van der Waals surface area contributed by atoms with Crippen molar-refractivity contribution in [1.29, 1.82) is 0 Å². The Labute approximate surface area is 129 Å². The second-order valence-electron chi connectivity index (χ2n) is 5.35. The molecule has 0 aliphatic heterocycles. The Morgan fingerprint density at radius 1 is 1.19 bits per heavy atom. The van der Waals surface area contributed by atoms with Crippen LogP contribution in [0.1, 0.15) is 32.3 Å². The molecule has 0 bridgehead atoms. The van der Waals surface area contributed by atoms with Gasteiger partial charge in [-0.15, -0.1) is 0 Å². The van der Waals surface area contributed by atoms with Gasteiger partial charge in [-0.3, -0.25) is 4.79 Å². The molecular weight excluding hydrogens is 290 g/mol. The van der Waals surface area contributed by atoms with Crippen LogP contribution in [0.15, 0.2) is 35.4 Å². The summed E-state index contributed by atoms with van der Waals surface area (Å²) < 4.78 is 0. The highest BCUT2D eigenvalue weighted by Crippen LogP contribution is 2.30. The van der Waals surface area contributed by atoms with Crippen LogP contribution in [0.25, 0.3) is 0 Å². The fraction of sp³-hybridized carbons (Fsp3) is 0.375. The molecule has 1 N–H and O–H groups in total. The maximum atomic E-state index is 12.5. The highest BCUT2D eigenvalue weighted by atomic mass is 35.5. The van der Waals surface area contributed by atoms with E-state index in [1.807, 2.05) is 12.1 Å². The van der Waals surface area contributed by atoms with Crippen LogP contribution in [-0.4, -0.2) is 27.9 Å². The summed E-state index contributed by atoms with van der Waals surface area (Å²) in [5.74, 6) is -1.25. The van der Waals surface area contributed by atoms with Crippen molar-refractivity contribution in [1.82, 2.24) is 4.90 Å². The molecule has 1 aromatic rings. The molecule has 1 aromatic carbocycles. The molecular formula is C16H18ClNO3. The maximum Gasteiger partial charge on any atom is 0.331 e. The zero-order valence-corrected chi connectivity index (χ0v) is 12.9. The first-order valence-corrected chi connectivity index (χ1v) is 7.24. The van der Waals surface area contributed by atoms with E-state index in [2.05, 4.69) is 0 Å². The van der Waals surface area contributed by atoms with Crippen LogP contribution in [0.2, 0.25) is 5.02 Å². The minimum atomic E-state index is -1.05. The van der Waals surface area contributed by atoms with Gasteiger partial charge in [0.05, 0.1) is 0 Å². The van der Waals surface area contributed by atoms with Gasteiger partial charge < -0.3 is 10.0 Å². The Balaban J connectivity index is 2.19. The molecule has 1 amide bonds. The number of carbonyl (C=O) groups is 2. The number of carboxylic acids is 1. The van der Waals surface area contributed by atoms with Crippen molar-refractivity contribution < 1.29 is 14.7 Å². The predicted molar refractivity (Wildman–Crippen MR) is 81.0 cm³/mol. The molecule has 0 atom stereocenters. The van der Waals surface area contributed by atoms with Gasteiger partial charge in [-0.1, -0.05) is 23.7 Å². The lowest BCUT2D eigenvalue weighted by Crippen LogP contribution is -2.34. The summed E-state index contributed by atoms with van der Waals surface area (Å²) >= 11 is 5.86. The molecule has 1 aliphatic rings. The molecule has 112 valence electrons. The van der Waals surface area contributed by atoms with Gasteiger partial charge in [0.15, 0.2) is 0 Å². The normalized spacial score (nSPS) is 15.4. The molecule has 0 saturated heterocycles. The third kappa shape index (κ3) is 3.85. The standard InChI is InChI=1S/C16H18ClNO3/c1-10(11(2)16(20)21)15(19)18(14-7-8-14)9-12-3-5-13(17)6-4-12/h3-6,14H,7-9H2,1-2H3,(H,20,21). The van der Waals surface area contributed by atoms with Crippen molar-refractivity contribution in [2.75, 3.05) is 0 Å². The lowest BCUT2D eigenvalue weighted by Gasteiger charge is -2.23. The SMILES string of the molecule is CC(C(=O)O)=C(C)C(=O)N(Cc1ccc(Cl)cc1)C1CC1. The predicted octanol–water partition coefficient (Wildman–Crippen LogP) is 3.25. The molecule has 1 fully saturated rings. The van der Waals surface area contributed by atoms with Crippen LogP contribution in [-0.2, 0) is 16.1 Å². The number of nitrogens with zero attached hydrogens (tertiary/aromatic N) is 1. The molecule has 0 spiro atoms. The number of carbonyl (C=O) groups excluding carboxylic acids is 1. The van der Waals surface area contributed by atoms with Gasteiger partial charge in [0.1, 0.15) is 0 Å². The van der Waals surface area contributed by atoms with Crippen molar-refractivity contribution in [2.45, 2.75) is 39.3 Å². The van der Waals surface area contributed by atoms with Crippen LogP contribution in [0.5, 0.6) is 0 Å². The van der Waals surface area contributed by atoms with Gasteiger partial charge in [-0.2, -0.15) is 0 Å². The summed E-state index contributed by atoms with van der Waals surface area (Å²) in [4.78, 5) is 25.3. The van der Waals surface area contributed by atoms with E-state index in [0.29, 0.717) is 17.1 Å². The molecule has 0 heterocycles. The first-order valence-electron chi connectivity index (χ1n) is 6.86. The van der Waals surface area contributed by atoms with Crippen molar-refractivity contribution in [3.8, 4) is 0 Å². The van der Waals surface area contributed by atoms with Gasteiger partial charge in [-0.25, -0.2) is 4.79 Å². The molecule has 0 aromatic heterocycles. The Morgan fingerprint density at radius 2 is 1.76 bits per heavy atom. The fourth-order valence-electron chi connectivity index (χ4n) is 2.08. The summed E-state index contributed by atoms with van der Waals surface area (Å²) in [7, 11) is 0. The third-order valence-corrected chi connectivity index (χ3v) is 3.97. The van der Waals surface area contributed by atoms with E-state index in [4.69, 9.17) is 16.7 Å². The number of rotatable bonds is 5. The quantitative estimate of drug-likeness (QED) is 0.850. The molecule has 1 saturated carbocycles. The second kappa shape index (κ2) is 6.31. The lowest BCUT2D eigenvalue weighted by atomic mass is 10.1.